The first-order chi connectivity index (χ1) is 8.02. The first-order valence-electron chi connectivity index (χ1n) is 6.96. The van der Waals surface area contributed by atoms with Crippen LogP contribution in [-0.4, -0.2) is 18.1 Å². The minimum absolute atomic E-state index is 0.113. The molecule has 0 radical (unpaired) electrons. The summed E-state index contributed by atoms with van der Waals surface area (Å²) in [5, 5.41) is 0. The molecule has 100 valence electrons. The van der Waals surface area contributed by atoms with Crippen molar-refractivity contribution in [3.8, 4) is 0 Å². The van der Waals surface area contributed by atoms with Gasteiger partial charge in [0.05, 0.1) is 13.0 Å². The molecule has 3 heteroatoms. The van der Waals surface area contributed by atoms with Gasteiger partial charge in [0.15, 0.2) is 0 Å². The average molecular weight is 241 g/mol. The molecule has 0 heterocycles. The maximum Gasteiger partial charge on any atom is 0.307 e. The Kier molecular flexibility index (Phi) is 5.96. The van der Waals surface area contributed by atoms with Gasteiger partial charge in [-0.1, -0.05) is 33.1 Å². The Morgan fingerprint density at radius 1 is 1.29 bits per heavy atom. The van der Waals surface area contributed by atoms with Crippen LogP contribution in [0.2, 0.25) is 0 Å². The van der Waals surface area contributed by atoms with Gasteiger partial charge in [-0.15, -0.1) is 0 Å². The first-order valence-corrected chi connectivity index (χ1v) is 6.96. The molecule has 1 aliphatic carbocycles. The van der Waals surface area contributed by atoms with Crippen LogP contribution in [0, 0.1) is 5.92 Å². The van der Waals surface area contributed by atoms with Gasteiger partial charge in [0.25, 0.3) is 0 Å². The Hall–Kier alpha value is -0.570. The number of esters is 1. The lowest BCUT2D eigenvalue weighted by atomic mass is 9.80. The summed E-state index contributed by atoms with van der Waals surface area (Å²) in [5.41, 5.74) is 5.93. The van der Waals surface area contributed by atoms with Gasteiger partial charge in [-0.3, -0.25) is 4.79 Å². The fourth-order valence-electron chi connectivity index (χ4n) is 2.45. The maximum absolute atomic E-state index is 11.7. The SMILES string of the molecule is CC(C)CCCOC(=O)CC1(N)CCCCC1. The third-order valence-corrected chi connectivity index (χ3v) is 3.53. The molecule has 17 heavy (non-hydrogen) atoms. The van der Waals surface area contributed by atoms with E-state index < -0.39 is 0 Å². The van der Waals surface area contributed by atoms with Crippen molar-refractivity contribution in [1.29, 1.82) is 0 Å². The highest BCUT2D eigenvalue weighted by Crippen LogP contribution is 2.28. The van der Waals surface area contributed by atoms with Gasteiger partial charge in [-0.2, -0.15) is 0 Å². The molecule has 0 aliphatic heterocycles. The fourth-order valence-corrected chi connectivity index (χ4v) is 2.45. The molecule has 1 rings (SSSR count). The van der Waals surface area contributed by atoms with Gasteiger partial charge < -0.3 is 10.5 Å². The molecular weight excluding hydrogens is 214 g/mol. The summed E-state index contributed by atoms with van der Waals surface area (Å²) in [6.45, 7) is 4.91. The Morgan fingerprint density at radius 2 is 1.94 bits per heavy atom. The molecule has 0 amide bonds. The van der Waals surface area contributed by atoms with Crippen molar-refractivity contribution in [3.05, 3.63) is 0 Å². The van der Waals surface area contributed by atoms with E-state index in [0.717, 1.165) is 38.5 Å². The molecule has 0 saturated heterocycles. The number of carbonyl (C=O) groups is 1. The number of ether oxygens (including phenoxy) is 1. The van der Waals surface area contributed by atoms with Gasteiger partial charge in [0.1, 0.15) is 0 Å². The lowest BCUT2D eigenvalue weighted by Crippen LogP contribution is -2.43. The van der Waals surface area contributed by atoms with E-state index in [1.807, 2.05) is 0 Å². The van der Waals surface area contributed by atoms with Crippen LogP contribution in [0.5, 0.6) is 0 Å². The summed E-state index contributed by atoms with van der Waals surface area (Å²) in [6.07, 6.45) is 7.95. The Morgan fingerprint density at radius 3 is 2.53 bits per heavy atom. The minimum Gasteiger partial charge on any atom is -0.466 e. The van der Waals surface area contributed by atoms with Gasteiger partial charge in [-0.25, -0.2) is 0 Å². The number of rotatable bonds is 6. The fraction of sp³-hybridized carbons (Fsp3) is 0.929. The largest absolute Gasteiger partial charge is 0.466 e. The Bertz CT molecular complexity index is 232. The Labute approximate surface area is 105 Å². The lowest BCUT2D eigenvalue weighted by molar-refractivity contribution is -0.145. The maximum atomic E-state index is 11.7. The summed E-state index contributed by atoms with van der Waals surface area (Å²) in [7, 11) is 0. The minimum atomic E-state index is -0.284. The highest BCUT2D eigenvalue weighted by Gasteiger charge is 2.30. The van der Waals surface area contributed by atoms with Crippen molar-refractivity contribution in [2.75, 3.05) is 6.61 Å². The molecule has 0 unspecified atom stereocenters. The summed E-state index contributed by atoms with van der Waals surface area (Å²) in [5.74, 6) is 0.561. The highest BCUT2D eigenvalue weighted by molar-refractivity contribution is 5.70. The summed E-state index contributed by atoms with van der Waals surface area (Å²) >= 11 is 0. The molecule has 0 aromatic rings. The third kappa shape index (κ3) is 6.06. The normalized spacial score (nSPS) is 19.3. The number of hydrogen-bond donors (Lipinski definition) is 1. The van der Waals surface area contributed by atoms with E-state index in [1.165, 1.54) is 6.42 Å². The molecule has 1 saturated carbocycles. The molecule has 3 nitrogen and oxygen atoms in total. The summed E-state index contributed by atoms with van der Waals surface area (Å²) < 4.78 is 5.24. The van der Waals surface area contributed by atoms with Crippen LogP contribution >= 0.6 is 0 Å². The quantitative estimate of drug-likeness (QED) is 0.574. The molecule has 1 fully saturated rings. The molecule has 2 N–H and O–H groups in total. The molecule has 0 atom stereocenters. The highest BCUT2D eigenvalue weighted by atomic mass is 16.5. The molecule has 0 spiro atoms. The smallest absolute Gasteiger partial charge is 0.307 e. The molecule has 1 aliphatic rings. The monoisotopic (exact) mass is 241 g/mol. The van der Waals surface area contributed by atoms with E-state index in [0.29, 0.717) is 18.9 Å². The number of carbonyl (C=O) groups excluding carboxylic acids is 1. The van der Waals surface area contributed by atoms with Crippen molar-refractivity contribution < 1.29 is 9.53 Å². The van der Waals surface area contributed by atoms with E-state index >= 15 is 0 Å². The predicted molar refractivity (Wildman–Crippen MR) is 69.7 cm³/mol. The predicted octanol–water partition coefficient (Wildman–Crippen LogP) is 3.02. The van der Waals surface area contributed by atoms with E-state index in [2.05, 4.69) is 13.8 Å². The standard InChI is InChI=1S/C14H27NO2/c1-12(2)7-6-10-17-13(16)11-14(15)8-4-3-5-9-14/h12H,3-11,15H2,1-2H3. The van der Waals surface area contributed by atoms with Crippen molar-refractivity contribution in [2.45, 2.75) is 70.8 Å². The zero-order valence-electron chi connectivity index (χ0n) is 11.3. The van der Waals surface area contributed by atoms with Crippen LogP contribution in [0.15, 0.2) is 0 Å². The van der Waals surface area contributed by atoms with Gasteiger partial charge in [0.2, 0.25) is 0 Å². The Balaban J connectivity index is 2.15. The van der Waals surface area contributed by atoms with Crippen LogP contribution in [0.1, 0.15) is 65.2 Å². The topological polar surface area (TPSA) is 52.3 Å². The molecule has 0 aromatic carbocycles. The lowest BCUT2D eigenvalue weighted by Gasteiger charge is -2.32. The van der Waals surface area contributed by atoms with Crippen LogP contribution in [-0.2, 0) is 9.53 Å². The molecule has 0 aromatic heterocycles. The third-order valence-electron chi connectivity index (χ3n) is 3.53. The average Bonchev–Trinajstić information content (AvgIpc) is 2.24. The van der Waals surface area contributed by atoms with Gasteiger partial charge >= 0.3 is 5.97 Å². The summed E-state index contributed by atoms with van der Waals surface area (Å²) in [4.78, 5) is 11.7. The second-order valence-corrected chi connectivity index (χ2v) is 5.86. The first kappa shape index (κ1) is 14.5. The van der Waals surface area contributed by atoms with Crippen LogP contribution < -0.4 is 5.73 Å². The molecular formula is C14H27NO2. The van der Waals surface area contributed by atoms with E-state index in [9.17, 15) is 4.79 Å². The number of hydrogen-bond acceptors (Lipinski definition) is 3. The van der Waals surface area contributed by atoms with Crippen molar-refractivity contribution in [1.82, 2.24) is 0 Å². The van der Waals surface area contributed by atoms with Gasteiger partial charge in [0, 0.05) is 5.54 Å². The second kappa shape index (κ2) is 7.00. The van der Waals surface area contributed by atoms with Crippen LogP contribution in [0.4, 0.5) is 0 Å². The number of nitrogens with two attached hydrogens (primary N) is 1. The van der Waals surface area contributed by atoms with Crippen molar-refractivity contribution in [2.24, 2.45) is 11.7 Å². The molecule has 0 bridgehead atoms. The van der Waals surface area contributed by atoms with Crippen LogP contribution in [0.25, 0.3) is 0 Å². The second-order valence-electron chi connectivity index (χ2n) is 5.86. The van der Waals surface area contributed by atoms with Crippen LogP contribution in [0.3, 0.4) is 0 Å². The zero-order chi connectivity index (χ0) is 12.7. The van der Waals surface area contributed by atoms with Crippen molar-refractivity contribution in [3.63, 3.8) is 0 Å². The van der Waals surface area contributed by atoms with Gasteiger partial charge in [-0.05, 0) is 31.6 Å². The summed E-state index contributed by atoms with van der Waals surface area (Å²) in [6, 6.07) is 0. The van der Waals surface area contributed by atoms with E-state index in [1.54, 1.807) is 0 Å². The van der Waals surface area contributed by atoms with E-state index in [4.69, 9.17) is 10.5 Å². The van der Waals surface area contributed by atoms with Crippen molar-refractivity contribution >= 4 is 5.97 Å². The zero-order valence-corrected chi connectivity index (χ0v) is 11.3. The van der Waals surface area contributed by atoms with E-state index in [-0.39, 0.29) is 11.5 Å².